The Balaban J connectivity index is 1.72. The quantitative estimate of drug-likeness (QED) is 0.378. The molecule has 3 aromatic rings. The number of fused-ring (bicyclic) bond motifs is 1. The summed E-state index contributed by atoms with van der Waals surface area (Å²) >= 11 is 0. The van der Waals surface area contributed by atoms with Crippen LogP contribution >= 0.6 is 0 Å². The molecule has 11 heteroatoms. The number of nitrogens with two attached hydrogens (primary N) is 1. The lowest BCUT2D eigenvalue weighted by molar-refractivity contribution is -0.127. The summed E-state index contributed by atoms with van der Waals surface area (Å²) in [5, 5.41) is 7.67. The monoisotopic (exact) mass is 490 g/mol. The van der Waals surface area contributed by atoms with Crippen LogP contribution in [0.3, 0.4) is 0 Å². The van der Waals surface area contributed by atoms with Gasteiger partial charge in [0.15, 0.2) is 5.69 Å². The molecule has 3 aromatic heterocycles. The third-order valence-electron chi connectivity index (χ3n) is 6.40. The Morgan fingerprint density at radius 3 is 2.81 bits per heavy atom. The number of pyridine rings is 1. The number of primary amides is 1. The van der Waals surface area contributed by atoms with E-state index in [1.807, 2.05) is 13.0 Å². The van der Waals surface area contributed by atoms with E-state index in [4.69, 9.17) is 10.5 Å². The maximum Gasteiger partial charge on any atom is 0.255 e. The molecule has 36 heavy (non-hydrogen) atoms. The molecule has 0 spiro atoms. The molecule has 1 saturated heterocycles. The van der Waals surface area contributed by atoms with E-state index in [9.17, 15) is 9.59 Å². The van der Waals surface area contributed by atoms with Crippen LogP contribution in [-0.4, -0.2) is 74.4 Å². The maximum absolute atomic E-state index is 12.4. The lowest BCUT2D eigenvalue weighted by atomic mass is 10.1. The number of likely N-dealkylation sites (tertiary alicyclic amines) is 1. The summed E-state index contributed by atoms with van der Waals surface area (Å²) in [6.45, 7) is 9.16. The maximum atomic E-state index is 12.4. The number of anilines is 1. The lowest BCUT2D eigenvalue weighted by Crippen LogP contribution is -2.37. The SMILES string of the molecule is C=CC(=O)N1C[C@@H](n2nc(C#Cc3cc4nc(C)n(CC)c4cn3)c(C(N)=O)c2NC)C[C@@H]1COC. The van der Waals surface area contributed by atoms with Crippen molar-refractivity contribution < 1.29 is 14.3 Å². The third kappa shape index (κ3) is 4.43. The molecular formula is C25H30N8O3. The minimum atomic E-state index is -0.652. The first-order valence-electron chi connectivity index (χ1n) is 11.7. The zero-order chi connectivity index (χ0) is 26.0. The predicted octanol–water partition coefficient (Wildman–Crippen LogP) is 1.47. The van der Waals surface area contributed by atoms with Gasteiger partial charge in [0.05, 0.1) is 35.9 Å². The van der Waals surface area contributed by atoms with Gasteiger partial charge in [-0.05, 0) is 38.2 Å². The van der Waals surface area contributed by atoms with Crippen molar-refractivity contribution in [3.63, 3.8) is 0 Å². The second-order valence-electron chi connectivity index (χ2n) is 8.54. The van der Waals surface area contributed by atoms with Gasteiger partial charge in [0, 0.05) is 33.3 Å². The highest BCUT2D eigenvalue weighted by Gasteiger charge is 2.37. The Labute approximate surface area is 209 Å². The lowest BCUT2D eigenvalue weighted by Gasteiger charge is -2.22. The van der Waals surface area contributed by atoms with E-state index in [-0.39, 0.29) is 29.2 Å². The Kier molecular flexibility index (Phi) is 7.07. The molecule has 1 aliphatic heterocycles. The molecule has 1 fully saturated rings. The van der Waals surface area contributed by atoms with Gasteiger partial charge in [0.2, 0.25) is 5.91 Å². The number of aryl methyl sites for hydroxylation is 2. The highest BCUT2D eigenvalue weighted by atomic mass is 16.5. The summed E-state index contributed by atoms with van der Waals surface area (Å²) in [4.78, 5) is 35.5. The standard InChI is InChI=1S/C25H30N8O3/c1-6-22(34)32-13-17(11-18(32)14-36-5)33-25(27-4)23(24(26)35)19(30-33)9-8-16-10-20-21(12-28-16)31(7-2)15(3)29-20/h6,10,12,17-18,27H,1,7,11,13-14H2,2-5H3,(H2,26,35)/t17-,18+/m0/s1. The van der Waals surface area contributed by atoms with Crippen LogP contribution in [0, 0.1) is 18.8 Å². The zero-order valence-electron chi connectivity index (χ0n) is 20.9. The number of rotatable bonds is 7. The van der Waals surface area contributed by atoms with Gasteiger partial charge < -0.3 is 25.3 Å². The van der Waals surface area contributed by atoms with Crippen molar-refractivity contribution in [1.82, 2.24) is 29.2 Å². The fourth-order valence-electron chi connectivity index (χ4n) is 4.80. The average Bonchev–Trinajstić information content (AvgIpc) is 3.54. The van der Waals surface area contributed by atoms with E-state index < -0.39 is 5.91 Å². The molecule has 0 saturated carbocycles. The molecule has 4 rings (SSSR count). The highest BCUT2D eigenvalue weighted by molar-refractivity contribution is 6.00. The van der Waals surface area contributed by atoms with Crippen molar-refractivity contribution in [1.29, 1.82) is 0 Å². The minimum Gasteiger partial charge on any atom is -0.383 e. The van der Waals surface area contributed by atoms with Gasteiger partial charge in [-0.1, -0.05) is 6.58 Å². The second kappa shape index (κ2) is 10.2. The molecular weight excluding hydrogens is 460 g/mol. The fourth-order valence-corrected chi connectivity index (χ4v) is 4.80. The van der Waals surface area contributed by atoms with Crippen molar-refractivity contribution in [2.24, 2.45) is 5.73 Å². The number of imidazole rings is 1. The molecule has 3 N–H and O–H groups in total. The molecule has 188 valence electrons. The summed E-state index contributed by atoms with van der Waals surface area (Å²) in [5.74, 6) is 6.48. The number of hydrogen-bond donors (Lipinski definition) is 2. The second-order valence-corrected chi connectivity index (χ2v) is 8.54. The predicted molar refractivity (Wildman–Crippen MR) is 135 cm³/mol. The Morgan fingerprint density at radius 2 is 2.17 bits per heavy atom. The highest BCUT2D eigenvalue weighted by Crippen LogP contribution is 2.32. The molecule has 11 nitrogen and oxygen atoms in total. The Morgan fingerprint density at radius 1 is 1.39 bits per heavy atom. The molecule has 2 atom stereocenters. The zero-order valence-corrected chi connectivity index (χ0v) is 20.9. The molecule has 0 unspecified atom stereocenters. The fraction of sp³-hybridized carbons (Fsp3) is 0.400. The number of hydrogen-bond acceptors (Lipinski definition) is 7. The minimum absolute atomic E-state index is 0.145. The number of carbonyl (C=O) groups excluding carboxylic acids is 2. The van der Waals surface area contributed by atoms with Gasteiger partial charge in [0.1, 0.15) is 22.9 Å². The van der Waals surface area contributed by atoms with Crippen LogP contribution < -0.4 is 11.1 Å². The number of nitrogens with one attached hydrogen (secondary N) is 1. The van der Waals surface area contributed by atoms with E-state index >= 15 is 0 Å². The van der Waals surface area contributed by atoms with Crippen molar-refractivity contribution in [2.45, 2.75) is 38.9 Å². The van der Waals surface area contributed by atoms with Crippen LogP contribution in [0.4, 0.5) is 5.82 Å². The van der Waals surface area contributed by atoms with Gasteiger partial charge in [0.25, 0.3) is 5.91 Å². The van der Waals surface area contributed by atoms with E-state index in [1.54, 1.807) is 29.9 Å². The molecule has 0 radical (unpaired) electrons. The van der Waals surface area contributed by atoms with Crippen LogP contribution in [0.5, 0.6) is 0 Å². The molecule has 4 heterocycles. The molecule has 2 amide bonds. The largest absolute Gasteiger partial charge is 0.383 e. The molecule has 1 aliphatic rings. The first-order valence-corrected chi connectivity index (χ1v) is 11.7. The number of nitrogens with zero attached hydrogens (tertiary/aromatic N) is 6. The van der Waals surface area contributed by atoms with Crippen molar-refractivity contribution in [2.75, 3.05) is 32.6 Å². The van der Waals surface area contributed by atoms with Crippen molar-refractivity contribution in [3.8, 4) is 11.8 Å². The number of carbonyl (C=O) groups is 2. The smallest absolute Gasteiger partial charge is 0.255 e. The van der Waals surface area contributed by atoms with E-state index in [1.165, 1.54) is 6.08 Å². The van der Waals surface area contributed by atoms with Crippen molar-refractivity contribution >= 4 is 28.7 Å². The summed E-state index contributed by atoms with van der Waals surface area (Å²) in [6, 6.07) is 1.46. The number of ether oxygens (including phenoxy) is 1. The molecule has 0 aliphatic carbocycles. The van der Waals surface area contributed by atoms with Crippen LogP contribution in [-0.2, 0) is 16.1 Å². The van der Waals surface area contributed by atoms with E-state index in [0.717, 1.165) is 23.4 Å². The Hall–Kier alpha value is -4.17. The first-order chi connectivity index (χ1) is 17.3. The van der Waals surface area contributed by atoms with Crippen LogP contribution in [0.2, 0.25) is 0 Å². The van der Waals surface area contributed by atoms with Gasteiger partial charge in [-0.2, -0.15) is 5.10 Å². The van der Waals surface area contributed by atoms with Gasteiger partial charge in [-0.3, -0.25) is 9.59 Å². The normalized spacial score (nSPS) is 17.2. The number of methoxy groups -OCH3 is 1. The molecule has 0 aromatic carbocycles. The van der Waals surface area contributed by atoms with Crippen molar-refractivity contribution in [3.05, 3.63) is 47.7 Å². The topological polar surface area (TPSA) is 133 Å². The number of aromatic nitrogens is 5. The summed E-state index contributed by atoms with van der Waals surface area (Å²) in [5.41, 5.74) is 8.39. The average molecular weight is 491 g/mol. The van der Waals surface area contributed by atoms with E-state index in [2.05, 4.69) is 50.3 Å². The third-order valence-corrected chi connectivity index (χ3v) is 6.40. The van der Waals surface area contributed by atoms with Gasteiger partial charge >= 0.3 is 0 Å². The van der Waals surface area contributed by atoms with Crippen LogP contribution in [0.25, 0.3) is 11.0 Å². The number of amides is 2. The first kappa shape index (κ1) is 24.9. The van der Waals surface area contributed by atoms with Gasteiger partial charge in [-0.15, -0.1) is 0 Å². The Bertz CT molecular complexity index is 1390. The van der Waals surface area contributed by atoms with Crippen LogP contribution in [0.1, 0.15) is 47.0 Å². The van der Waals surface area contributed by atoms with Crippen LogP contribution in [0.15, 0.2) is 24.9 Å². The van der Waals surface area contributed by atoms with E-state index in [0.29, 0.717) is 31.1 Å². The molecule has 0 bridgehead atoms. The summed E-state index contributed by atoms with van der Waals surface area (Å²) in [7, 11) is 3.28. The summed E-state index contributed by atoms with van der Waals surface area (Å²) < 4.78 is 9.07. The van der Waals surface area contributed by atoms with Gasteiger partial charge in [-0.25, -0.2) is 14.6 Å². The summed E-state index contributed by atoms with van der Waals surface area (Å²) in [6.07, 6.45) is 3.62.